The highest BCUT2D eigenvalue weighted by Crippen LogP contribution is 2.29. The molecule has 28 heavy (non-hydrogen) atoms. The van der Waals surface area contributed by atoms with Gasteiger partial charge in [0.2, 0.25) is 11.6 Å². The lowest BCUT2D eigenvalue weighted by molar-refractivity contribution is 0.0742. The molecule has 1 amide bonds. The van der Waals surface area contributed by atoms with Crippen LogP contribution in [-0.4, -0.2) is 47.1 Å². The maximum atomic E-state index is 12.9. The van der Waals surface area contributed by atoms with Crippen LogP contribution in [0.3, 0.4) is 0 Å². The topological polar surface area (TPSA) is 113 Å². The van der Waals surface area contributed by atoms with E-state index in [-0.39, 0.29) is 17.5 Å². The molecule has 0 bridgehead atoms. The van der Waals surface area contributed by atoms with Crippen LogP contribution in [0.25, 0.3) is 11.7 Å². The van der Waals surface area contributed by atoms with Crippen molar-refractivity contribution >= 4 is 11.8 Å². The van der Waals surface area contributed by atoms with E-state index in [0.29, 0.717) is 61.3 Å². The summed E-state index contributed by atoms with van der Waals surface area (Å²) in [6, 6.07) is 5.52. The summed E-state index contributed by atoms with van der Waals surface area (Å²) < 4.78 is 16.3. The minimum atomic E-state index is -0.0791. The van der Waals surface area contributed by atoms with E-state index in [4.69, 9.17) is 13.4 Å². The molecule has 1 fully saturated rings. The van der Waals surface area contributed by atoms with Crippen molar-refractivity contribution in [3.05, 3.63) is 41.1 Å². The lowest BCUT2D eigenvalue weighted by Crippen LogP contribution is -2.49. The molecule has 1 aliphatic heterocycles. The number of aromatic nitrogens is 2. The maximum absolute atomic E-state index is 12.9. The minimum Gasteiger partial charge on any atom is -0.459 e. The third-order valence-corrected chi connectivity index (χ3v) is 4.78. The number of anilines is 1. The summed E-state index contributed by atoms with van der Waals surface area (Å²) in [5, 5.41) is 13.4. The Hall–Kier alpha value is -3.54. The molecular weight excluding hydrogens is 362 g/mol. The average molecular weight is 381 g/mol. The van der Waals surface area contributed by atoms with Gasteiger partial charge in [0.1, 0.15) is 17.4 Å². The first-order valence-electron chi connectivity index (χ1n) is 9.06. The normalized spacial score (nSPS) is 14.3. The van der Waals surface area contributed by atoms with Crippen molar-refractivity contribution in [2.75, 3.05) is 31.1 Å². The van der Waals surface area contributed by atoms with Gasteiger partial charge in [-0.2, -0.15) is 10.2 Å². The summed E-state index contributed by atoms with van der Waals surface area (Å²) in [4.78, 5) is 20.8. The van der Waals surface area contributed by atoms with Crippen LogP contribution in [0.1, 0.15) is 34.4 Å². The summed E-state index contributed by atoms with van der Waals surface area (Å²) in [5.41, 5.74) is 1.43. The van der Waals surface area contributed by atoms with E-state index in [1.807, 2.05) is 11.8 Å². The van der Waals surface area contributed by atoms with Gasteiger partial charge in [-0.05, 0) is 25.5 Å². The van der Waals surface area contributed by atoms with Gasteiger partial charge in [0.05, 0.1) is 12.0 Å². The van der Waals surface area contributed by atoms with Gasteiger partial charge in [-0.3, -0.25) is 4.79 Å². The van der Waals surface area contributed by atoms with Crippen LogP contribution in [0.15, 0.2) is 31.8 Å². The number of rotatable bonds is 4. The van der Waals surface area contributed by atoms with Gasteiger partial charge in [0.25, 0.3) is 11.8 Å². The number of piperazine rings is 1. The van der Waals surface area contributed by atoms with Crippen molar-refractivity contribution in [3.63, 3.8) is 0 Å². The van der Waals surface area contributed by atoms with E-state index >= 15 is 0 Å². The number of carbonyl (C=O) groups excluding carboxylic acids is 1. The van der Waals surface area contributed by atoms with Gasteiger partial charge in [-0.15, -0.1) is 0 Å². The Morgan fingerprint density at radius 3 is 2.75 bits per heavy atom. The Labute approximate surface area is 161 Å². The Bertz CT molecular complexity index is 1020. The average Bonchev–Trinajstić information content (AvgIpc) is 3.46. The SMILES string of the molecule is CCc1noc(C)c1C(=O)N1CCN(c2oc(-c3ccco3)nc2C#N)CC1. The Balaban J connectivity index is 1.50. The number of amides is 1. The molecule has 4 heterocycles. The van der Waals surface area contributed by atoms with Crippen molar-refractivity contribution in [1.29, 1.82) is 5.26 Å². The van der Waals surface area contributed by atoms with Gasteiger partial charge in [-0.25, -0.2) is 0 Å². The van der Waals surface area contributed by atoms with Crippen molar-refractivity contribution in [3.8, 4) is 17.7 Å². The van der Waals surface area contributed by atoms with E-state index < -0.39 is 0 Å². The fourth-order valence-electron chi connectivity index (χ4n) is 3.31. The Morgan fingerprint density at radius 1 is 1.32 bits per heavy atom. The predicted octanol–water partition coefficient (Wildman–Crippen LogP) is 2.63. The first kappa shape index (κ1) is 17.9. The first-order valence-corrected chi connectivity index (χ1v) is 9.06. The molecule has 0 unspecified atom stereocenters. The van der Waals surface area contributed by atoms with Crippen LogP contribution in [0, 0.1) is 18.3 Å². The monoisotopic (exact) mass is 381 g/mol. The van der Waals surface area contributed by atoms with E-state index in [1.165, 1.54) is 6.26 Å². The number of oxazole rings is 1. The zero-order valence-corrected chi connectivity index (χ0v) is 15.6. The van der Waals surface area contributed by atoms with Crippen molar-refractivity contribution in [2.45, 2.75) is 20.3 Å². The van der Waals surface area contributed by atoms with Crippen LogP contribution < -0.4 is 4.90 Å². The number of nitrogens with zero attached hydrogens (tertiary/aromatic N) is 5. The smallest absolute Gasteiger partial charge is 0.266 e. The highest BCUT2D eigenvalue weighted by atomic mass is 16.5. The number of aryl methyl sites for hydroxylation is 2. The molecule has 0 aliphatic carbocycles. The molecule has 9 nitrogen and oxygen atoms in total. The van der Waals surface area contributed by atoms with Gasteiger partial charge < -0.3 is 23.2 Å². The van der Waals surface area contributed by atoms with Gasteiger partial charge in [0.15, 0.2) is 5.76 Å². The zero-order valence-electron chi connectivity index (χ0n) is 15.6. The van der Waals surface area contributed by atoms with Crippen molar-refractivity contribution in [2.24, 2.45) is 0 Å². The van der Waals surface area contributed by atoms with E-state index in [2.05, 4.69) is 16.2 Å². The molecule has 0 N–H and O–H groups in total. The molecule has 3 aromatic heterocycles. The quantitative estimate of drug-likeness (QED) is 0.678. The van der Waals surface area contributed by atoms with Gasteiger partial charge in [0, 0.05) is 26.2 Å². The van der Waals surface area contributed by atoms with Gasteiger partial charge in [-0.1, -0.05) is 12.1 Å². The first-order chi connectivity index (χ1) is 13.6. The van der Waals surface area contributed by atoms with Crippen molar-refractivity contribution in [1.82, 2.24) is 15.0 Å². The second-order valence-corrected chi connectivity index (χ2v) is 6.46. The zero-order chi connectivity index (χ0) is 19.7. The molecule has 4 rings (SSSR count). The number of carbonyl (C=O) groups is 1. The van der Waals surface area contributed by atoms with E-state index in [9.17, 15) is 10.1 Å². The van der Waals surface area contributed by atoms with E-state index in [1.54, 1.807) is 24.0 Å². The number of nitriles is 1. The molecule has 3 aromatic rings. The predicted molar refractivity (Wildman–Crippen MR) is 97.7 cm³/mol. The molecule has 0 spiro atoms. The lowest BCUT2D eigenvalue weighted by Gasteiger charge is -2.34. The lowest BCUT2D eigenvalue weighted by atomic mass is 10.1. The largest absolute Gasteiger partial charge is 0.459 e. The maximum Gasteiger partial charge on any atom is 0.266 e. The molecular formula is C19H19N5O4. The summed E-state index contributed by atoms with van der Waals surface area (Å²) in [6.45, 7) is 5.73. The number of furan rings is 1. The third kappa shape index (κ3) is 3.03. The van der Waals surface area contributed by atoms with Crippen LogP contribution in [0.2, 0.25) is 0 Å². The highest BCUT2D eigenvalue weighted by Gasteiger charge is 2.30. The van der Waals surface area contributed by atoms with Crippen LogP contribution in [0.4, 0.5) is 5.88 Å². The minimum absolute atomic E-state index is 0.0791. The summed E-state index contributed by atoms with van der Waals surface area (Å²) in [6.07, 6.45) is 2.16. The molecule has 0 aromatic carbocycles. The summed E-state index contributed by atoms with van der Waals surface area (Å²) in [5.74, 6) is 1.59. The van der Waals surface area contributed by atoms with E-state index in [0.717, 1.165) is 0 Å². The highest BCUT2D eigenvalue weighted by molar-refractivity contribution is 5.96. The van der Waals surface area contributed by atoms with Crippen LogP contribution in [0.5, 0.6) is 0 Å². The molecule has 1 saturated heterocycles. The fourth-order valence-corrected chi connectivity index (χ4v) is 3.31. The molecule has 9 heteroatoms. The number of hydrogen-bond acceptors (Lipinski definition) is 8. The Kier molecular flexibility index (Phi) is 4.61. The van der Waals surface area contributed by atoms with Crippen LogP contribution >= 0.6 is 0 Å². The van der Waals surface area contributed by atoms with Gasteiger partial charge >= 0.3 is 0 Å². The summed E-state index contributed by atoms with van der Waals surface area (Å²) in [7, 11) is 0. The molecule has 0 atom stereocenters. The van der Waals surface area contributed by atoms with Crippen LogP contribution in [-0.2, 0) is 6.42 Å². The molecule has 1 aliphatic rings. The second-order valence-electron chi connectivity index (χ2n) is 6.46. The summed E-state index contributed by atoms with van der Waals surface area (Å²) >= 11 is 0. The second kappa shape index (κ2) is 7.23. The van der Waals surface area contributed by atoms with Crippen molar-refractivity contribution < 1.29 is 18.2 Å². The third-order valence-electron chi connectivity index (χ3n) is 4.78. The molecule has 144 valence electrons. The fraction of sp³-hybridized carbons (Fsp3) is 0.368. The molecule has 0 radical (unpaired) electrons. The standard InChI is InChI=1S/C19H19N5O4/c1-3-13-16(12(2)28-22-13)18(25)23-6-8-24(9-7-23)19-14(11-20)21-17(27-19)15-5-4-10-26-15/h4-5,10H,3,6-9H2,1-2H3. The molecule has 0 saturated carbocycles. The number of hydrogen-bond donors (Lipinski definition) is 0. The Morgan fingerprint density at radius 2 is 2.11 bits per heavy atom.